The molecule has 194 valence electrons. The summed E-state index contributed by atoms with van der Waals surface area (Å²) in [7, 11) is 0. The number of imide groups is 2. The van der Waals surface area contributed by atoms with E-state index in [2.05, 4.69) is 10.6 Å². The Morgan fingerprint density at radius 1 is 0.947 bits per heavy atom. The Bertz CT molecular complexity index is 1480. The van der Waals surface area contributed by atoms with Gasteiger partial charge in [-0.2, -0.15) is 0 Å². The number of nitrogens with one attached hydrogen (secondary N) is 2. The number of benzene rings is 3. The lowest BCUT2D eigenvalue weighted by Gasteiger charge is -2.27. The highest BCUT2D eigenvalue weighted by atomic mass is 35.5. The van der Waals surface area contributed by atoms with Gasteiger partial charge in [0.05, 0.1) is 15.7 Å². The van der Waals surface area contributed by atoms with Gasteiger partial charge in [0.2, 0.25) is 0 Å². The number of anilines is 2. The number of ether oxygens (including phenoxy) is 1. The lowest BCUT2D eigenvalue weighted by atomic mass is 10.0. The molecular formula is C27H20Cl3N3O5. The Morgan fingerprint density at radius 3 is 2.24 bits per heavy atom. The highest BCUT2D eigenvalue weighted by Gasteiger charge is 2.37. The van der Waals surface area contributed by atoms with Crippen molar-refractivity contribution in [2.45, 2.75) is 13.8 Å². The Hall–Kier alpha value is -3.85. The minimum absolute atomic E-state index is 0.0492. The lowest BCUT2D eigenvalue weighted by Crippen LogP contribution is -2.54. The molecular weight excluding hydrogens is 553 g/mol. The van der Waals surface area contributed by atoms with Crippen LogP contribution < -0.4 is 20.3 Å². The van der Waals surface area contributed by atoms with Crippen molar-refractivity contribution < 1.29 is 23.9 Å². The summed E-state index contributed by atoms with van der Waals surface area (Å²) < 4.78 is 5.50. The highest BCUT2D eigenvalue weighted by molar-refractivity contribution is 6.40. The molecule has 11 heteroatoms. The van der Waals surface area contributed by atoms with Crippen molar-refractivity contribution in [1.29, 1.82) is 0 Å². The first-order valence-electron chi connectivity index (χ1n) is 11.2. The maximum Gasteiger partial charge on any atom is 0.335 e. The molecule has 2 N–H and O–H groups in total. The molecule has 4 rings (SSSR count). The molecule has 0 radical (unpaired) electrons. The zero-order valence-corrected chi connectivity index (χ0v) is 22.4. The summed E-state index contributed by atoms with van der Waals surface area (Å²) in [6, 6.07) is 13.6. The molecule has 0 atom stereocenters. The van der Waals surface area contributed by atoms with Gasteiger partial charge in [-0.3, -0.25) is 19.7 Å². The van der Waals surface area contributed by atoms with Gasteiger partial charge in [0.25, 0.3) is 17.7 Å². The fraction of sp³-hybridized carbons (Fsp3) is 0.111. The van der Waals surface area contributed by atoms with Gasteiger partial charge in [-0.1, -0.05) is 40.9 Å². The number of aryl methyl sites for hydroxylation is 2. The smallest absolute Gasteiger partial charge is 0.335 e. The van der Waals surface area contributed by atoms with Crippen LogP contribution in [-0.2, 0) is 14.4 Å². The minimum atomic E-state index is -0.855. The van der Waals surface area contributed by atoms with Crippen molar-refractivity contribution in [3.05, 3.63) is 91.9 Å². The normalized spacial score (nSPS) is 14.5. The zero-order valence-electron chi connectivity index (χ0n) is 20.1. The number of hydrogen-bond acceptors (Lipinski definition) is 5. The number of amides is 5. The van der Waals surface area contributed by atoms with E-state index in [-0.39, 0.29) is 28.0 Å². The topological polar surface area (TPSA) is 105 Å². The Morgan fingerprint density at radius 2 is 1.61 bits per heavy atom. The van der Waals surface area contributed by atoms with Crippen LogP contribution in [0.3, 0.4) is 0 Å². The molecule has 0 unspecified atom stereocenters. The number of carbonyl (C=O) groups excluding carboxylic acids is 4. The first-order valence-corrected chi connectivity index (χ1v) is 12.3. The molecule has 1 fully saturated rings. The van der Waals surface area contributed by atoms with E-state index >= 15 is 0 Å². The number of hydrogen-bond donors (Lipinski definition) is 2. The van der Waals surface area contributed by atoms with Crippen LogP contribution in [0.15, 0.2) is 60.2 Å². The third-order valence-corrected chi connectivity index (χ3v) is 6.47. The van der Waals surface area contributed by atoms with E-state index in [4.69, 9.17) is 39.5 Å². The summed E-state index contributed by atoms with van der Waals surface area (Å²) in [5, 5.41) is 5.46. The van der Waals surface area contributed by atoms with Gasteiger partial charge in [0.15, 0.2) is 12.4 Å². The van der Waals surface area contributed by atoms with Crippen LogP contribution in [0.2, 0.25) is 15.1 Å². The predicted octanol–water partition coefficient (Wildman–Crippen LogP) is 5.95. The average Bonchev–Trinajstić information content (AvgIpc) is 2.85. The van der Waals surface area contributed by atoms with Gasteiger partial charge in [-0.25, -0.2) is 9.69 Å². The second kappa shape index (κ2) is 11.3. The van der Waals surface area contributed by atoms with E-state index in [1.807, 2.05) is 13.8 Å². The van der Waals surface area contributed by atoms with Crippen LogP contribution in [0, 0.1) is 13.8 Å². The molecule has 0 aromatic heterocycles. The van der Waals surface area contributed by atoms with Crippen LogP contribution in [-0.4, -0.2) is 30.4 Å². The first kappa shape index (κ1) is 27.2. The summed E-state index contributed by atoms with van der Waals surface area (Å²) >= 11 is 18.5. The van der Waals surface area contributed by atoms with Gasteiger partial charge >= 0.3 is 6.03 Å². The van der Waals surface area contributed by atoms with E-state index in [1.165, 1.54) is 18.2 Å². The Labute approximate surface area is 233 Å². The zero-order chi connectivity index (χ0) is 27.6. The van der Waals surface area contributed by atoms with Gasteiger partial charge in [0.1, 0.15) is 5.57 Å². The molecule has 3 aromatic carbocycles. The van der Waals surface area contributed by atoms with E-state index in [9.17, 15) is 19.2 Å². The monoisotopic (exact) mass is 571 g/mol. The maximum absolute atomic E-state index is 13.2. The molecule has 1 aliphatic rings. The number of rotatable bonds is 6. The molecule has 0 saturated carbocycles. The molecule has 0 spiro atoms. The van der Waals surface area contributed by atoms with E-state index in [0.29, 0.717) is 22.0 Å². The largest absolute Gasteiger partial charge is 0.481 e. The molecule has 5 amide bonds. The van der Waals surface area contributed by atoms with Gasteiger partial charge in [-0.15, -0.1) is 0 Å². The third-order valence-electron chi connectivity index (χ3n) is 5.66. The number of halogens is 3. The van der Waals surface area contributed by atoms with Crippen molar-refractivity contribution in [3.8, 4) is 5.75 Å². The van der Waals surface area contributed by atoms with Crippen LogP contribution in [0.5, 0.6) is 5.75 Å². The Kier molecular flexibility index (Phi) is 8.06. The van der Waals surface area contributed by atoms with E-state index < -0.39 is 23.8 Å². The summed E-state index contributed by atoms with van der Waals surface area (Å²) in [5.41, 5.74) is 2.74. The number of carbonyl (C=O) groups is 4. The SMILES string of the molecule is Cc1ccc(N2C(=O)NC(=O)/C(=C\c3cc(Cl)c(OCC(=O)Nc4ccc(Cl)cc4)c(Cl)c3)C2=O)cc1C. The van der Waals surface area contributed by atoms with Crippen LogP contribution in [0.25, 0.3) is 6.08 Å². The van der Waals surface area contributed by atoms with Crippen molar-refractivity contribution in [2.24, 2.45) is 0 Å². The molecule has 1 saturated heterocycles. The number of nitrogens with zero attached hydrogens (tertiary/aromatic N) is 1. The van der Waals surface area contributed by atoms with Crippen LogP contribution in [0.1, 0.15) is 16.7 Å². The van der Waals surface area contributed by atoms with Crippen LogP contribution in [0.4, 0.5) is 16.2 Å². The Balaban J connectivity index is 1.53. The third kappa shape index (κ3) is 5.99. The molecule has 0 bridgehead atoms. The van der Waals surface area contributed by atoms with Crippen LogP contribution >= 0.6 is 34.8 Å². The fourth-order valence-electron chi connectivity index (χ4n) is 3.59. The molecule has 38 heavy (non-hydrogen) atoms. The maximum atomic E-state index is 13.2. The predicted molar refractivity (Wildman–Crippen MR) is 147 cm³/mol. The van der Waals surface area contributed by atoms with E-state index in [1.54, 1.807) is 42.5 Å². The second-order valence-corrected chi connectivity index (χ2v) is 9.63. The van der Waals surface area contributed by atoms with Crippen molar-refractivity contribution in [1.82, 2.24) is 5.32 Å². The first-order chi connectivity index (χ1) is 18.0. The molecule has 1 heterocycles. The van der Waals surface area contributed by atoms with Gasteiger partial charge in [0, 0.05) is 10.7 Å². The van der Waals surface area contributed by atoms with Crippen molar-refractivity contribution in [3.63, 3.8) is 0 Å². The summed E-state index contributed by atoms with van der Waals surface area (Å²) in [6.45, 7) is 3.37. The molecule has 3 aromatic rings. The van der Waals surface area contributed by atoms with Crippen molar-refractivity contribution >= 4 is 76.0 Å². The van der Waals surface area contributed by atoms with Crippen molar-refractivity contribution in [2.75, 3.05) is 16.8 Å². The quantitative estimate of drug-likeness (QED) is 0.281. The standard InChI is InChI=1S/C27H20Cl3N3O5/c1-14-3-8-19(9-15(14)2)33-26(36)20(25(35)32-27(33)37)10-16-11-21(29)24(22(30)12-16)38-13-23(34)31-18-6-4-17(28)5-7-18/h3-12H,13H2,1-2H3,(H,31,34)(H,32,35,37)/b20-10+. The molecule has 0 aliphatic carbocycles. The lowest BCUT2D eigenvalue weighted by molar-refractivity contribution is -0.122. The number of barbiturate groups is 1. The summed E-state index contributed by atoms with van der Waals surface area (Å²) in [4.78, 5) is 51.3. The summed E-state index contributed by atoms with van der Waals surface area (Å²) in [6.07, 6.45) is 1.27. The highest BCUT2D eigenvalue weighted by Crippen LogP contribution is 2.35. The molecule has 1 aliphatic heterocycles. The van der Waals surface area contributed by atoms with Gasteiger partial charge < -0.3 is 10.1 Å². The number of urea groups is 1. The average molecular weight is 573 g/mol. The minimum Gasteiger partial charge on any atom is -0.481 e. The fourth-order valence-corrected chi connectivity index (χ4v) is 4.33. The molecule has 8 nitrogen and oxygen atoms in total. The van der Waals surface area contributed by atoms with E-state index in [0.717, 1.165) is 16.0 Å². The second-order valence-electron chi connectivity index (χ2n) is 8.38. The van der Waals surface area contributed by atoms with Gasteiger partial charge in [-0.05, 0) is 85.1 Å². The summed E-state index contributed by atoms with van der Waals surface area (Å²) in [5.74, 6) is -2.06.